The van der Waals surface area contributed by atoms with Crippen LogP contribution in [0.4, 0.5) is 0 Å². The number of thioether (sulfide) groups is 1. The fourth-order valence-corrected chi connectivity index (χ4v) is 4.48. The molecule has 1 aliphatic heterocycles. The molecule has 4 atom stereocenters. The van der Waals surface area contributed by atoms with Gasteiger partial charge in [0.25, 0.3) is 0 Å². The van der Waals surface area contributed by atoms with E-state index in [4.69, 9.17) is 0 Å². The topological polar surface area (TPSA) is 32.3 Å². The lowest BCUT2D eigenvalue weighted by molar-refractivity contribution is -0.0139. The third-order valence-corrected chi connectivity index (χ3v) is 5.75. The monoisotopic (exact) mass is 257 g/mol. The van der Waals surface area contributed by atoms with Crippen LogP contribution in [0.25, 0.3) is 0 Å². The first-order valence-electron chi connectivity index (χ1n) is 7.16. The minimum Gasteiger partial charge on any atom is -0.389 e. The summed E-state index contributed by atoms with van der Waals surface area (Å²) in [5.41, 5.74) is -0.431. The first-order chi connectivity index (χ1) is 8.09. The Bertz CT molecular complexity index is 248. The average Bonchev–Trinajstić information content (AvgIpc) is 2.28. The van der Waals surface area contributed by atoms with E-state index in [0.29, 0.717) is 17.2 Å². The summed E-state index contributed by atoms with van der Waals surface area (Å²) in [7, 11) is 0. The Morgan fingerprint density at radius 2 is 2.12 bits per heavy atom. The second kappa shape index (κ2) is 5.94. The molecular formula is C14H27NOS. The van der Waals surface area contributed by atoms with Crippen LogP contribution in [0.15, 0.2) is 0 Å². The molecule has 0 radical (unpaired) electrons. The molecule has 0 amide bonds. The van der Waals surface area contributed by atoms with Crippen molar-refractivity contribution < 1.29 is 5.11 Å². The summed E-state index contributed by atoms with van der Waals surface area (Å²) in [5, 5.41) is 14.9. The highest BCUT2D eigenvalue weighted by Crippen LogP contribution is 2.32. The number of hydrogen-bond donors (Lipinski definition) is 2. The van der Waals surface area contributed by atoms with Gasteiger partial charge in [-0.25, -0.2) is 0 Å². The van der Waals surface area contributed by atoms with E-state index >= 15 is 0 Å². The molecule has 2 N–H and O–H groups in total. The summed E-state index contributed by atoms with van der Waals surface area (Å²) in [6.07, 6.45) is 7.04. The van der Waals surface area contributed by atoms with Gasteiger partial charge in [-0.1, -0.05) is 26.7 Å². The van der Waals surface area contributed by atoms with Gasteiger partial charge in [0.15, 0.2) is 0 Å². The lowest BCUT2D eigenvalue weighted by Gasteiger charge is -2.38. The summed E-state index contributed by atoms with van der Waals surface area (Å²) in [6.45, 7) is 5.38. The lowest BCUT2D eigenvalue weighted by Crippen LogP contribution is -2.50. The van der Waals surface area contributed by atoms with Crippen LogP contribution in [0.5, 0.6) is 0 Å². The third kappa shape index (κ3) is 3.87. The summed E-state index contributed by atoms with van der Waals surface area (Å²) < 4.78 is 0. The molecule has 1 aliphatic carbocycles. The van der Waals surface area contributed by atoms with Gasteiger partial charge in [0.1, 0.15) is 0 Å². The van der Waals surface area contributed by atoms with Gasteiger partial charge in [0, 0.05) is 17.8 Å². The normalized spacial score (nSPS) is 43.6. The molecule has 0 aromatic rings. The maximum atomic E-state index is 10.6. The summed E-state index contributed by atoms with van der Waals surface area (Å²) in [4.78, 5) is 0. The average molecular weight is 257 g/mol. The first kappa shape index (κ1) is 13.7. The predicted molar refractivity (Wildman–Crippen MR) is 75.5 cm³/mol. The highest BCUT2D eigenvalue weighted by molar-refractivity contribution is 7.99. The molecule has 2 nitrogen and oxygen atoms in total. The molecule has 0 bridgehead atoms. The van der Waals surface area contributed by atoms with Gasteiger partial charge in [-0.3, -0.25) is 0 Å². The molecule has 4 unspecified atom stereocenters. The van der Waals surface area contributed by atoms with Crippen molar-refractivity contribution in [3.63, 3.8) is 0 Å². The fourth-order valence-electron chi connectivity index (χ4n) is 3.31. The zero-order valence-corrected chi connectivity index (χ0v) is 12.1. The highest BCUT2D eigenvalue weighted by Gasteiger charge is 2.33. The van der Waals surface area contributed by atoms with Crippen LogP contribution in [-0.2, 0) is 0 Å². The summed E-state index contributed by atoms with van der Waals surface area (Å²) in [6, 6.07) is 0.606. The SMILES string of the molecule is CC1CCCC(O)(CNC2CCCSC2C)C1. The molecule has 0 aromatic carbocycles. The van der Waals surface area contributed by atoms with E-state index in [9.17, 15) is 5.11 Å². The number of hydrogen-bond acceptors (Lipinski definition) is 3. The van der Waals surface area contributed by atoms with Crippen LogP contribution in [0.2, 0.25) is 0 Å². The second-order valence-electron chi connectivity index (χ2n) is 6.13. The molecule has 2 rings (SSSR count). The van der Waals surface area contributed by atoms with E-state index in [0.717, 1.165) is 19.4 Å². The number of aliphatic hydroxyl groups is 1. The fraction of sp³-hybridized carbons (Fsp3) is 1.00. The van der Waals surface area contributed by atoms with Gasteiger partial charge in [-0.2, -0.15) is 11.8 Å². The first-order valence-corrected chi connectivity index (χ1v) is 8.21. The molecule has 2 fully saturated rings. The van der Waals surface area contributed by atoms with Crippen molar-refractivity contribution in [2.24, 2.45) is 5.92 Å². The van der Waals surface area contributed by atoms with Crippen molar-refractivity contribution in [1.29, 1.82) is 0 Å². The molecule has 0 aromatic heterocycles. The van der Waals surface area contributed by atoms with E-state index in [1.807, 2.05) is 0 Å². The van der Waals surface area contributed by atoms with E-state index in [-0.39, 0.29) is 0 Å². The van der Waals surface area contributed by atoms with E-state index < -0.39 is 5.60 Å². The van der Waals surface area contributed by atoms with Crippen molar-refractivity contribution in [3.05, 3.63) is 0 Å². The Balaban J connectivity index is 1.79. The van der Waals surface area contributed by atoms with Crippen molar-refractivity contribution >= 4 is 11.8 Å². The molecular weight excluding hydrogens is 230 g/mol. The van der Waals surface area contributed by atoms with Gasteiger partial charge >= 0.3 is 0 Å². The minimum atomic E-state index is -0.431. The van der Waals surface area contributed by atoms with Gasteiger partial charge in [-0.15, -0.1) is 0 Å². The number of rotatable bonds is 3. The van der Waals surface area contributed by atoms with Gasteiger partial charge in [0.2, 0.25) is 0 Å². The second-order valence-corrected chi connectivity index (χ2v) is 7.62. The lowest BCUT2D eigenvalue weighted by atomic mass is 9.79. The molecule has 17 heavy (non-hydrogen) atoms. The standard InChI is InChI=1S/C14H27NOS/c1-11-5-3-7-14(16,9-11)10-15-13-6-4-8-17-12(13)2/h11-13,15-16H,3-10H2,1-2H3. The van der Waals surface area contributed by atoms with Gasteiger partial charge in [-0.05, 0) is 37.4 Å². The third-order valence-electron chi connectivity index (χ3n) is 4.37. The van der Waals surface area contributed by atoms with Crippen LogP contribution in [0.3, 0.4) is 0 Å². The smallest absolute Gasteiger partial charge is 0.0774 e. The maximum absolute atomic E-state index is 10.6. The highest BCUT2D eigenvalue weighted by atomic mass is 32.2. The van der Waals surface area contributed by atoms with Crippen molar-refractivity contribution in [3.8, 4) is 0 Å². The molecule has 0 spiro atoms. The molecule has 100 valence electrons. The van der Waals surface area contributed by atoms with Crippen LogP contribution < -0.4 is 5.32 Å². The molecule has 1 heterocycles. The largest absolute Gasteiger partial charge is 0.389 e. The minimum absolute atomic E-state index is 0.431. The quantitative estimate of drug-likeness (QED) is 0.815. The molecule has 3 heteroatoms. The van der Waals surface area contributed by atoms with Crippen LogP contribution in [-0.4, -0.2) is 34.3 Å². The Hall–Kier alpha value is 0.270. The number of nitrogens with one attached hydrogen (secondary N) is 1. The Labute approximate surface area is 110 Å². The van der Waals surface area contributed by atoms with Crippen LogP contribution >= 0.6 is 11.8 Å². The zero-order valence-electron chi connectivity index (χ0n) is 11.2. The van der Waals surface area contributed by atoms with Gasteiger partial charge in [0.05, 0.1) is 5.60 Å². The summed E-state index contributed by atoms with van der Waals surface area (Å²) >= 11 is 2.07. The van der Waals surface area contributed by atoms with Crippen molar-refractivity contribution in [2.45, 2.75) is 69.3 Å². The van der Waals surface area contributed by atoms with Crippen LogP contribution in [0.1, 0.15) is 52.4 Å². The van der Waals surface area contributed by atoms with Crippen molar-refractivity contribution in [2.75, 3.05) is 12.3 Å². The van der Waals surface area contributed by atoms with E-state index in [2.05, 4.69) is 30.9 Å². The summed E-state index contributed by atoms with van der Waals surface area (Å²) in [5.74, 6) is 1.99. The Morgan fingerprint density at radius 1 is 1.29 bits per heavy atom. The van der Waals surface area contributed by atoms with E-state index in [1.54, 1.807) is 0 Å². The maximum Gasteiger partial charge on any atom is 0.0774 e. The Kier molecular flexibility index (Phi) is 4.79. The van der Waals surface area contributed by atoms with Gasteiger partial charge < -0.3 is 10.4 Å². The van der Waals surface area contributed by atoms with Crippen LogP contribution in [0, 0.1) is 5.92 Å². The Morgan fingerprint density at radius 3 is 2.82 bits per heavy atom. The predicted octanol–water partition coefficient (Wildman–Crippen LogP) is 2.80. The molecule has 2 aliphatic rings. The van der Waals surface area contributed by atoms with E-state index in [1.165, 1.54) is 31.4 Å². The van der Waals surface area contributed by atoms with Crippen molar-refractivity contribution in [1.82, 2.24) is 5.32 Å². The zero-order chi connectivity index (χ0) is 12.3. The molecule has 1 saturated heterocycles. The molecule has 1 saturated carbocycles.